The van der Waals surface area contributed by atoms with Crippen molar-refractivity contribution in [1.82, 2.24) is 5.32 Å². The SMILES string of the molecule is C#Cc1cccc(C2CCCN2)c1. The van der Waals surface area contributed by atoms with E-state index < -0.39 is 0 Å². The molecule has 1 fully saturated rings. The van der Waals surface area contributed by atoms with Crippen molar-refractivity contribution >= 4 is 0 Å². The zero-order valence-electron chi connectivity index (χ0n) is 7.59. The molecule has 1 aromatic carbocycles. The molecular formula is C12H13N. The van der Waals surface area contributed by atoms with Crippen molar-refractivity contribution in [1.29, 1.82) is 0 Å². The summed E-state index contributed by atoms with van der Waals surface area (Å²) in [5.41, 5.74) is 2.30. The minimum absolute atomic E-state index is 0.522. The van der Waals surface area contributed by atoms with Crippen molar-refractivity contribution in [2.45, 2.75) is 18.9 Å². The summed E-state index contributed by atoms with van der Waals surface area (Å²) >= 11 is 0. The molecule has 1 nitrogen and oxygen atoms in total. The molecule has 0 spiro atoms. The van der Waals surface area contributed by atoms with Crippen LogP contribution in [0.3, 0.4) is 0 Å². The molecule has 1 saturated heterocycles. The summed E-state index contributed by atoms with van der Waals surface area (Å²) in [6.07, 6.45) is 7.85. The molecule has 1 unspecified atom stereocenters. The van der Waals surface area contributed by atoms with Crippen LogP contribution in [0.5, 0.6) is 0 Å². The monoisotopic (exact) mass is 171 g/mol. The highest BCUT2D eigenvalue weighted by Crippen LogP contribution is 2.23. The molecule has 0 radical (unpaired) electrons. The summed E-state index contributed by atoms with van der Waals surface area (Å²) in [5, 5.41) is 3.46. The van der Waals surface area contributed by atoms with Gasteiger partial charge in [-0.15, -0.1) is 6.42 Å². The van der Waals surface area contributed by atoms with Crippen LogP contribution in [0.25, 0.3) is 0 Å². The average molecular weight is 171 g/mol. The van der Waals surface area contributed by atoms with Gasteiger partial charge >= 0.3 is 0 Å². The number of rotatable bonds is 1. The van der Waals surface area contributed by atoms with E-state index in [0.717, 1.165) is 12.1 Å². The molecule has 66 valence electrons. The van der Waals surface area contributed by atoms with E-state index in [0.29, 0.717) is 6.04 Å². The Morgan fingerprint density at radius 3 is 3.08 bits per heavy atom. The summed E-state index contributed by atoms with van der Waals surface area (Å²) in [7, 11) is 0. The van der Waals surface area contributed by atoms with Crippen LogP contribution in [0.4, 0.5) is 0 Å². The van der Waals surface area contributed by atoms with Gasteiger partial charge in [0.1, 0.15) is 0 Å². The molecule has 0 amide bonds. The van der Waals surface area contributed by atoms with Crippen molar-refractivity contribution in [2.24, 2.45) is 0 Å². The molecule has 1 heteroatoms. The van der Waals surface area contributed by atoms with Crippen LogP contribution >= 0.6 is 0 Å². The standard InChI is InChI=1S/C12H13N/c1-2-10-5-3-6-11(9-10)12-7-4-8-13-12/h1,3,5-6,9,12-13H,4,7-8H2. The van der Waals surface area contributed by atoms with Gasteiger partial charge in [0.25, 0.3) is 0 Å². The Kier molecular flexibility index (Phi) is 2.33. The van der Waals surface area contributed by atoms with E-state index in [1.54, 1.807) is 0 Å². The first-order chi connectivity index (χ1) is 6.40. The van der Waals surface area contributed by atoms with Crippen LogP contribution in [-0.2, 0) is 0 Å². The minimum atomic E-state index is 0.522. The fraction of sp³-hybridized carbons (Fsp3) is 0.333. The Bertz CT molecular complexity index is 329. The molecule has 0 aliphatic carbocycles. The Morgan fingerprint density at radius 2 is 2.38 bits per heavy atom. The quantitative estimate of drug-likeness (QED) is 0.638. The van der Waals surface area contributed by atoms with Crippen molar-refractivity contribution in [3.63, 3.8) is 0 Å². The summed E-state index contributed by atoms with van der Waals surface area (Å²) < 4.78 is 0. The van der Waals surface area contributed by atoms with Gasteiger partial charge in [-0.05, 0) is 37.1 Å². The van der Waals surface area contributed by atoms with E-state index in [2.05, 4.69) is 23.4 Å². The predicted molar refractivity (Wildman–Crippen MR) is 54.4 cm³/mol. The van der Waals surface area contributed by atoms with Crippen LogP contribution in [0.1, 0.15) is 30.0 Å². The number of nitrogens with one attached hydrogen (secondary N) is 1. The van der Waals surface area contributed by atoms with Crippen molar-refractivity contribution in [3.8, 4) is 12.3 Å². The predicted octanol–water partition coefficient (Wildman–Crippen LogP) is 2.09. The normalized spacial score (nSPS) is 21.3. The fourth-order valence-electron chi connectivity index (χ4n) is 1.81. The number of hydrogen-bond donors (Lipinski definition) is 1. The lowest BCUT2D eigenvalue weighted by molar-refractivity contribution is 0.647. The van der Waals surface area contributed by atoms with E-state index in [1.165, 1.54) is 18.4 Å². The highest BCUT2D eigenvalue weighted by atomic mass is 14.9. The molecule has 1 atom stereocenters. The van der Waals surface area contributed by atoms with E-state index in [1.807, 2.05) is 12.1 Å². The smallest absolute Gasteiger partial charge is 0.0321 e. The maximum absolute atomic E-state index is 5.35. The van der Waals surface area contributed by atoms with Crippen LogP contribution in [0.15, 0.2) is 24.3 Å². The molecule has 1 aromatic rings. The first-order valence-electron chi connectivity index (χ1n) is 4.70. The lowest BCUT2D eigenvalue weighted by Gasteiger charge is -2.10. The topological polar surface area (TPSA) is 12.0 Å². The third-order valence-corrected chi connectivity index (χ3v) is 2.52. The van der Waals surface area contributed by atoms with E-state index in [-0.39, 0.29) is 0 Å². The maximum atomic E-state index is 5.35. The summed E-state index contributed by atoms with van der Waals surface area (Å²) in [6, 6.07) is 8.77. The first kappa shape index (κ1) is 8.34. The Hall–Kier alpha value is -1.26. The van der Waals surface area contributed by atoms with Gasteiger partial charge in [0.15, 0.2) is 0 Å². The molecule has 1 aliphatic rings. The van der Waals surface area contributed by atoms with Gasteiger partial charge < -0.3 is 5.32 Å². The minimum Gasteiger partial charge on any atom is -0.310 e. The third-order valence-electron chi connectivity index (χ3n) is 2.52. The van der Waals surface area contributed by atoms with Gasteiger partial charge in [0.05, 0.1) is 0 Å². The lowest BCUT2D eigenvalue weighted by Crippen LogP contribution is -2.12. The van der Waals surface area contributed by atoms with Crippen LogP contribution in [0.2, 0.25) is 0 Å². The summed E-state index contributed by atoms with van der Waals surface area (Å²) in [4.78, 5) is 0. The zero-order chi connectivity index (χ0) is 9.10. The molecule has 1 aliphatic heterocycles. The van der Waals surface area contributed by atoms with E-state index in [9.17, 15) is 0 Å². The molecule has 0 saturated carbocycles. The number of hydrogen-bond acceptors (Lipinski definition) is 1. The maximum Gasteiger partial charge on any atom is 0.0321 e. The molecule has 0 bridgehead atoms. The molecular weight excluding hydrogens is 158 g/mol. The van der Waals surface area contributed by atoms with Gasteiger partial charge in [0.2, 0.25) is 0 Å². The zero-order valence-corrected chi connectivity index (χ0v) is 7.59. The van der Waals surface area contributed by atoms with Crippen molar-refractivity contribution < 1.29 is 0 Å². The highest BCUT2D eigenvalue weighted by Gasteiger charge is 2.15. The summed E-state index contributed by atoms with van der Waals surface area (Å²) in [5.74, 6) is 2.66. The molecule has 13 heavy (non-hydrogen) atoms. The highest BCUT2D eigenvalue weighted by molar-refractivity contribution is 5.36. The second-order valence-corrected chi connectivity index (χ2v) is 3.42. The van der Waals surface area contributed by atoms with Gasteiger partial charge in [0, 0.05) is 11.6 Å². The molecule has 1 N–H and O–H groups in total. The summed E-state index contributed by atoms with van der Waals surface area (Å²) in [6.45, 7) is 1.13. The third kappa shape index (κ3) is 1.74. The second-order valence-electron chi connectivity index (χ2n) is 3.42. The molecule has 0 aromatic heterocycles. The van der Waals surface area contributed by atoms with Crippen LogP contribution in [0, 0.1) is 12.3 Å². The largest absolute Gasteiger partial charge is 0.310 e. The molecule has 2 rings (SSSR count). The van der Waals surface area contributed by atoms with Crippen molar-refractivity contribution in [2.75, 3.05) is 6.54 Å². The average Bonchev–Trinajstić information content (AvgIpc) is 2.71. The van der Waals surface area contributed by atoms with Gasteiger partial charge in [-0.25, -0.2) is 0 Å². The van der Waals surface area contributed by atoms with E-state index >= 15 is 0 Å². The van der Waals surface area contributed by atoms with E-state index in [4.69, 9.17) is 6.42 Å². The van der Waals surface area contributed by atoms with Crippen LogP contribution in [-0.4, -0.2) is 6.54 Å². The Balaban J connectivity index is 2.25. The van der Waals surface area contributed by atoms with Gasteiger partial charge in [-0.1, -0.05) is 18.1 Å². The number of benzene rings is 1. The first-order valence-corrected chi connectivity index (χ1v) is 4.70. The van der Waals surface area contributed by atoms with Crippen LogP contribution < -0.4 is 5.32 Å². The van der Waals surface area contributed by atoms with Gasteiger partial charge in [-0.2, -0.15) is 0 Å². The second kappa shape index (κ2) is 3.64. The van der Waals surface area contributed by atoms with Gasteiger partial charge in [-0.3, -0.25) is 0 Å². The Morgan fingerprint density at radius 1 is 1.46 bits per heavy atom. The Labute approximate surface area is 79.2 Å². The van der Waals surface area contributed by atoms with Crippen molar-refractivity contribution in [3.05, 3.63) is 35.4 Å². The molecule has 1 heterocycles. The number of terminal acetylenes is 1. The fourth-order valence-corrected chi connectivity index (χ4v) is 1.81. The lowest BCUT2D eigenvalue weighted by atomic mass is 10.0.